The first-order chi connectivity index (χ1) is 3.29. The van der Waals surface area contributed by atoms with Crippen LogP contribution in [0.15, 0.2) is 0 Å². The first-order valence-electron chi connectivity index (χ1n) is 3.12. The van der Waals surface area contributed by atoms with Crippen LogP contribution >= 0.6 is 0 Å². The van der Waals surface area contributed by atoms with E-state index < -0.39 is 0 Å². The van der Waals surface area contributed by atoms with Gasteiger partial charge in [0.15, 0.2) is 0 Å². The monoisotopic (exact) mass is 95.1 g/mol. The second-order valence-corrected chi connectivity index (χ2v) is 2.79. The molecular weight excluding hydrogens is 82.9 g/mol. The van der Waals surface area contributed by atoms with E-state index in [4.69, 9.17) is 0 Å². The Hall–Kier alpha value is 0.0649. The molecule has 1 fully saturated rings. The third-order valence-electron chi connectivity index (χ3n) is 1.71. The van der Waals surface area contributed by atoms with Crippen LogP contribution in [0.5, 0.6) is 0 Å². The lowest BCUT2D eigenvalue weighted by molar-refractivity contribution is 0.617. The second kappa shape index (κ2) is 1.89. The van der Waals surface area contributed by atoms with Gasteiger partial charge in [0, 0.05) is 0 Å². The number of hydrogen-bond acceptors (Lipinski definition) is 0. The summed E-state index contributed by atoms with van der Waals surface area (Å²) in [6.07, 6.45) is 2.77. The molecule has 0 spiro atoms. The van der Waals surface area contributed by atoms with E-state index >= 15 is 0 Å². The van der Waals surface area contributed by atoms with Gasteiger partial charge in [-0.05, 0) is 0 Å². The highest BCUT2D eigenvalue weighted by Gasteiger charge is 2.17. The Balaban J connectivity index is 2.26. The lowest BCUT2D eigenvalue weighted by Gasteiger charge is -1.97. The summed E-state index contributed by atoms with van der Waals surface area (Å²) in [5.41, 5.74) is 0. The minimum Gasteiger partial charge on any atom is -0.0775 e. The van der Waals surface area contributed by atoms with Crippen molar-refractivity contribution in [2.24, 2.45) is 5.92 Å². The molecule has 1 radical (unpaired) electrons. The van der Waals surface area contributed by atoms with E-state index in [2.05, 4.69) is 21.1 Å². The van der Waals surface area contributed by atoms with Gasteiger partial charge < -0.3 is 0 Å². The maximum atomic E-state index is 2.42. The SMILES string of the molecule is CC1[B]CC(C)C1. The Morgan fingerprint density at radius 3 is 2.29 bits per heavy atom. The summed E-state index contributed by atoms with van der Waals surface area (Å²) < 4.78 is 0. The molecule has 2 unspecified atom stereocenters. The zero-order chi connectivity index (χ0) is 5.28. The first kappa shape index (κ1) is 5.21. The highest BCUT2D eigenvalue weighted by Crippen LogP contribution is 2.27. The summed E-state index contributed by atoms with van der Waals surface area (Å²) in [5.74, 6) is 1.87. The van der Waals surface area contributed by atoms with Crippen LogP contribution in [-0.4, -0.2) is 7.28 Å². The van der Waals surface area contributed by atoms with Crippen molar-refractivity contribution in [1.82, 2.24) is 0 Å². The van der Waals surface area contributed by atoms with Crippen molar-refractivity contribution in [2.75, 3.05) is 0 Å². The molecule has 1 aliphatic rings. The van der Waals surface area contributed by atoms with Crippen LogP contribution in [0.25, 0.3) is 0 Å². The fraction of sp³-hybridized carbons (Fsp3) is 1.00. The lowest BCUT2D eigenvalue weighted by Crippen LogP contribution is -1.83. The summed E-state index contributed by atoms with van der Waals surface area (Å²) in [7, 11) is 2.42. The molecule has 0 bridgehead atoms. The van der Waals surface area contributed by atoms with Gasteiger partial charge in [-0.2, -0.15) is 0 Å². The molecule has 1 heteroatoms. The van der Waals surface area contributed by atoms with Crippen LogP contribution in [0.3, 0.4) is 0 Å². The van der Waals surface area contributed by atoms with Crippen molar-refractivity contribution in [3.63, 3.8) is 0 Å². The predicted molar refractivity (Wildman–Crippen MR) is 33.8 cm³/mol. The summed E-state index contributed by atoms with van der Waals surface area (Å²) in [6, 6.07) is 0. The molecule has 0 nitrogen and oxygen atoms in total. The molecular formula is C6H12B. The lowest BCUT2D eigenvalue weighted by atomic mass is 9.68. The zero-order valence-electron chi connectivity index (χ0n) is 5.15. The molecule has 2 atom stereocenters. The van der Waals surface area contributed by atoms with Crippen LogP contribution in [0.1, 0.15) is 20.3 Å². The molecule has 0 aliphatic carbocycles. The zero-order valence-corrected chi connectivity index (χ0v) is 5.15. The van der Waals surface area contributed by atoms with Crippen LogP contribution in [0.4, 0.5) is 0 Å². The fourth-order valence-electron chi connectivity index (χ4n) is 1.29. The standard InChI is InChI=1S/C6H12B/c1-5-3-6(2)7-4-5/h5-6H,3-4H2,1-2H3. The Morgan fingerprint density at radius 2 is 2.14 bits per heavy atom. The van der Waals surface area contributed by atoms with Gasteiger partial charge >= 0.3 is 0 Å². The molecule has 0 saturated carbocycles. The third kappa shape index (κ3) is 1.22. The van der Waals surface area contributed by atoms with E-state index in [1.807, 2.05) is 0 Å². The van der Waals surface area contributed by atoms with Gasteiger partial charge in [-0.3, -0.25) is 0 Å². The topological polar surface area (TPSA) is 0 Å². The fourth-order valence-corrected chi connectivity index (χ4v) is 1.29. The highest BCUT2D eigenvalue weighted by atomic mass is 14.1. The molecule has 0 N–H and O–H groups in total. The predicted octanol–water partition coefficient (Wildman–Crippen LogP) is 1.96. The van der Waals surface area contributed by atoms with Gasteiger partial charge in [0.1, 0.15) is 7.28 Å². The van der Waals surface area contributed by atoms with Crippen LogP contribution < -0.4 is 0 Å². The van der Waals surface area contributed by atoms with Crippen molar-refractivity contribution in [1.29, 1.82) is 0 Å². The van der Waals surface area contributed by atoms with E-state index in [0.29, 0.717) is 0 Å². The largest absolute Gasteiger partial charge is 0.113 e. The molecule has 0 aromatic rings. The van der Waals surface area contributed by atoms with Gasteiger partial charge in [0.05, 0.1) is 0 Å². The average molecular weight is 95.0 g/mol. The summed E-state index contributed by atoms with van der Waals surface area (Å²) in [4.78, 5) is 0. The second-order valence-electron chi connectivity index (χ2n) is 2.79. The summed E-state index contributed by atoms with van der Waals surface area (Å²) >= 11 is 0. The molecule has 0 aromatic carbocycles. The maximum Gasteiger partial charge on any atom is 0.113 e. The Kier molecular flexibility index (Phi) is 1.41. The van der Waals surface area contributed by atoms with Crippen molar-refractivity contribution in [2.45, 2.75) is 32.4 Å². The molecule has 39 valence electrons. The van der Waals surface area contributed by atoms with Crippen molar-refractivity contribution < 1.29 is 0 Å². The Labute approximate surface area is 46.5 Å². The summed E-state index contributed by atoms with van der Waals surface area (Å²) in [5, 5.41) is 0. The minimum atomic E-state index is 0.898. The van der Waals surface area contributed by atoms with Crippen LogP contribution in [0.2, 0.25) is 12.1 Å². The molecule has 1 aliphatic heterocycles. The van der Waals surface area contributed by atoms with Crippen molar-refractivity contribution in [3.8, 4) is 0 Å². The van der Waals surface area contributed by atoms with Crippen molar-refractivity contribution >= 4 is 7.28 Å². The van der Waals surface area contributed by atoms with Gasteiger partial charge in [-0.15, -0.1) is 0 Å². The quantitative estimate of drug-likeness (QED) is 0.403. The first-order valence-corrected chi connectivity index (χ1v) is 3.12. The molecule has 1 rings (SSSR count). The third-order valence-corrected chi connectivity index (χ3v) is 1.71. The van der Waals surface area contributed by atoms with Gasteiger partial charge in [-0.1, -0.05) is 38.3 Å². The van der Waals surface area contributed by atoms with E-state index in [9.17, 15) is 0 Å². The minimum absolute atomic E-state index is 0.898. The summed E-state index contributed by atoms with van der Waals surface area (Å²) in [6.45, 7) is 4.61. The molecule has 7 heavy (non-hydrogen) atoms. The van der Waals surface area contributed by atoms with Crippen LogP contribution in [0, 0.1) is 5.92 Å². The average Bonchev–Trinajstić information content (AvgIpc) is 1.87. The Bertz CT molecular complexity index is 53.2. The van der Waals surface area contributed by atoms with Gasteiger partial charge in [-0.25, -0.2) is 0 Å². The highest BCUT2D eigenvalue weighted by molar-refractivity contribution is 6.38. The van der Waals surface area contributed by atoms with Crippen LogP contribution in [-0.2, 0) is 0 Å². The molecule has 0 amide bonds. The van der Waals surface area contributed by atoms with E-state index in [1.54, 1.807) is 0 Å². The normalized spacial score (nSPS) is 40.9. The number of rotatable bonds is 0. The molecule has 1 heterocycles. The maximum absolute atomic E-state index is 2.42. The van der Waals surface area contributed by atoms with Crippen molar-refractivity contribution in [3.05, 3.63) is 0 Å². The molecule has 0 aromatic heterocycles. The van der Waals surface area contributed by atoms with Gasteiger partial charge in [0.25, 0.3) is 0 Å². The van der Waals surface area contributed by atoms with Gasteiger partial charge in [0.2, 0.25) is 0 Å². The Morgan fingerprint density at radius 1 is 1.43 bits per heavy atom. The van der Waals surface area contributed by atoms with E-state index in [-0.39, 0.29) is 0 Å². The van der Waals surface area contributed by atoms with E-state index in [1.165, 1.54) is 12.7 Å². The van der Waals surface area contributed by atoms with E-state index in [0.717, 1.165) is 11.7 Å². The smallest absolute Gasteiger partial charge is 0.0775 e. The number of hydrogen-bond donors (Lipinski definition) is 0. The molecule has 1 saturated heterocycles.